The smallest absolute Gasteiger partial charge is 0.180 e. The molecule has 78 valence electrons. The van der Waals surface area contributed by atoms with Crippen LogP contribution in [-0.2, 0) is 6.54 Å². The van der Waals surface area contributed by atoms with Crippen LogP contribution in [0.3, 0.4) is 0 Å². The van der Waals surface area contributed by atoms with Crippen molar-refractivity contribution in [2.75, 3.05) is 5.32 Å². The third-order valence-corrected chi connectivity index (χ3v) is 2.56. The molecule has 15 heavy (non-hydrogen) atoms. The van der Waals surface area contributed by atoms with E-state index < -0.39 is 0 Å². The van der Waals surface area contributed by atoms with Crippen molar-refractivity contribution in [1.82, 2.24) is 4.98 Å². The van der Waals surface area contributed by atoms with Crippen LogP contribution >= 0.6 is 15.9 Å². The highest BCUT2D eigenvalue weighted by molar-refractivity contribution is 9.10. The number of nitrogens with one attached hydrogen (secondary N) is 1. The summed E-state index contributed by atoms with van der Waals surface area (Å²) in [6.07, 6.45) is 2.97. The molecule has 1 N–H and O–H groups in total. The average Bonchev–Trinajstić information content (AvgIpc) is 2.72. The molecule has 1 aromatic carbocycles. The summed E-state index contributed by atoms with van der Waals surface area (Å²) < 4.78 is 18.8. The normalized spacial score (nSPS) is 10.3. The molecule has 0 unspecified atom stereocenters. The number of hydrogen-bond donors (Lipinski definition) is 1. The zero-order chi connectivity index (χ0) is 10.7. The predicted octanol–water partition coefficient (Wildman–Crippen LogP) is 3.19. The van der Waals surface area contributed by atoms with Gasteiger partial charge >= 0.3 is 0 Å². The Kier molecular flexibility index (Phi) is 3.01. The van der Waals surface area contributed by atoms with Gasteiger partial charge in [0.15, 0.2) is 6.39 Å². The van der Waals surface area contributed by atoms with Crippen LogP contribution in [0.1, 0.15) is 5.76 Å². The fourth-order valence-corrected chi connectivity index (χ4v) is 1.53. The van der Waals surface area contributed by atoms with Gasteiger partial charge in [0, 0.05) is 4.47 Å². The number of nitrogens with zero attached hydrogens (tertiary/aromatic N) is 1. The Morgan fingerprint density at radius 2 is 2.33 bits per heavy atom. The summed E-state index contributed by atoms with van der Waals surface area (Å²) in [6.45, 7) is 0.474. The van der Waals surface area contributed by atoms with Gasteiger partial charge in [0.25, 0.3) is 0 Å². The van der Waals surface area contributed by atoms with E-state index in [0.717, 1.165) is 4.47 Å². The van der Waals surface area contributed by atoms with Gasteiger partial charge in [-0.3, -0.25) is 0 Å². The first-order chi connectivity index (χ1) is 7.25. The third kappa shape index (κ3) is 2.56. The van der Waals surface area contributed by atoms with Crippen molar-refractivity contribution in [2.24, 2.45) is 0 Å². The van der Waals surface area contributed by atoms with E-state index in [1.165, 1.54) is 18.5 Å². The Labute approximate surface area is 94.5 Å². The minimum absolute atomic E-state index is 0.279. The second-order valence-corrected chi connectivity index (χ2v) is 3.80. The van der Waals surface area contributed by atoms with Crippen LogP contribution in [0.15, 0.2) is 39.7 Å². The van der Waals surface area contributed by atoms with Crippen molar-refractivity contribution in [1.29, 1.82) is 0 Å². The maximum absolute atomic E-state index is 12.9. The summed E-state index contributed by atoms with van der Waals surface area (Å²) in [5, 5.41) is 3.04. The molecule has 2 rings (SSSR count). The van der Waals surface area contributed by atoms with E-state index in [0.29, 0.717) is 18.0 Å². The van der Waals surface area contributed by atoms with Gasteiger partial charge in [-0.25, -0.2) is 9.37 Å². The molecule has 0 aliphatic rings. The summed E-state index contributed by atoms with van der Waals surface area (Å²) >= 11 is 3.32. The number of hydrogen-bond acceptors (Lipinski definition) is 3. The number of anilines is 1. The molecule has 0 saturated carbocycles. The van der Waals surface area contributed by atoms with Crippen molar-refractivity contribution in [3.05, 3.63) is 46.8 Å². The van der Waals surface area contributed by atoms with Gasteiger partial charge in [-0.15, -0.1) is 0 Å². The van der Waals surface area contributed by atoms with Gasteiger partial charge in [-0.1, -0.05) is 0 Å². The van der Waals surface area contributed by atoms with Gasteiger partial charge < -0.3 is 9.73 Å². The number of benzene rings is 1. The van der Waals surface area contributed by atoms with E-state index in [-0.39, 0.29) is 5.82 Å². The second kappa shape index (κ2) is 4.44. The average molecular weight is 271 g/mol. The lowest BCUT2D eigenvalue weighted by atomic mass is 10.3. The lowest BCUT2D eigenvalue weighted by molar-refractivity contribution is 0.511. The molecule has 3 nitrogen and oxygen atoms in total. The molecule has 2 aromatic rings. The van der Waals surface area contributed by atoms with Crippen molar-refractivity contribution in [3.8, 4) is 0 Å². The maximum Gasteiger partial charge on any atom is 0.180 e. The lowest BCUT2D eigenvalue weighted by Gasteiger charge is -2.06. The van der Waals surface area contributed by atoms with Gasteiger partial charge in [-0.05, 0) is 34.1 Å². The monoisotopic (exact) mass is 270 g/mol. The van der Waals surface area contributed by atoms with E-state index >= 15 is 0 Å². The summed E-state index contributed by atoms with van der Waals surface area (Å²) in [4.78, 5) is 3.78. The SMILES string of the molecule is Fc1ccc(Br)c(NCc2cnco2)c1. The molecule has 0 spiro atoms. The molecule has 0 fully saturated rings. The first-order valence-electron chi connectivity index (χ1n) is 4.32. The third-order valence-electron chi connectivity index (χ3n) is 1.86. The van der Waals surface area contributed by atoms with Crippen LogP contribution < -0.4 is 5.32 Å². The Morgan fingerprint density at radius 1 is 1.47 bits per heavy atom. The first-order valence-corrected chi connectivity index (χ1v) is 5.11. The van der Waals surface area contributed by atoms with E-state index in [2.05, 4.69) is 26.2 Å². The number of aromatic nitrogens is 1. The van der Waals surface area contributed by atoms with Gasteiger partial charge in [0.2, 0.25) is 0 Å². The number of oxazole rings is 1. The van der Waals surface area contributed by atoms with Crippen LogP contribution in [0.2, 0.25) is 0 Å². The van der Waals surface area contributed by atoms with Crippen LogP contribution in [-0.4, -0.2) is 4.98 Å². The largest absolute Gasteiger partial charge is 0.447 e. The molecular weight excluding hydrogens is 263 g/mol. The predicted molar refractivity (Wildman–Crippen MR) is 57.9 cm³/mol. The highest BCUT2D eigenvalue weighted by atomic mass is 79.9. The molecule has 0 aliphatic heterocycles. The van der Waals surface area contributed by atoms with E-state index in [1.54, 1.807) is 12.3 Å². The van der Waals surface area contributed by atoms with Crippen molar-refractivity contribution >= 4 is 21.6 Å². The zero-order valence-electron chi connectivity index (χ0n) is 7.71. The lowest BCUT2D eigenvalue weighted by Crippen LogP contribution is -1.99. The Morgan fingerprint density at radius 3 is 3.07 bits per heavy atom. The quantitative estimate of drug-likeness (QED) is 0.931. The molecular formula is C10H8BrFN2O. The topological polar surface area (TPSA) is 38.1 Å². The van der Waals surface area contributed by atoms with Crippen LogP contribution in [0, 0.1) is 5.82 Å². The zero-order valence-corrected chi connectivity index (χ0v) is 9.29. The minimum atomic E-state index is -0.279. The fraction of sp³-hybridized carbons (Fsp3) is 0.100. The van der Waals surface area contributed by atoms with Crippen molar-refractivity contribution < 1.29 is 8.81 Å². The molecule has 1 aromatic heterocycles. The Hall–Kier alpha value is -1.36. The molecule has 5 heteroatoms. The highest BCUT2D eigenvalue weighted by Crippen LogP contribution is 2.23. The summed E-state index contributed by atoms with van der Waals surface area (Å²) in [6, 6.07) is 4.46. The molecule has 0 amide bonds. The molecule has 1 heterocycles. The van der Waals surface area contributed by atoms with Gasteiger partial charge in [0.1, 0.15) is 11.6 Å². The van der Waals surface area contributed by atoms with Crippen molar-refractivity contribution in [2.45, 2.75) is 6.54 Å². The molecule has 0 saturated heterocycles. The number of rotatable bonds is 3. The standard InChI is InChI=1S/C10H8BrFN2O/c11-9-2-1-7(12)3-10(9)14-5-8-4-13-6-15-8/h1-4,6,14H,5H2. The number of halogens is 2. The van der Waals surface area contributed by atoms with Gasteiger partial charge in [-0.2, -0.15) is 0 Å². The van der Waals surface area contributed by atoms with E-state index in [4.69, 9.17) is 4.42 Å². The fourth-order valence-electron chi connectivity index (χ4n) is 1.14. The molecule has 0 radical (unpaired) electrons. The summed E-state index contributed by atoms with van der Waals surface area (Å²) in [5.74, 6) is 0.421. The molecule has 0 bridgehead atoms. The van der Waals surface area contributed by atoms with Crippen LogP contribution in [0.5, 0.6) is 0 Å². The van der Waals surface area contributed by atoms with E-state index in [1.807, 2.05) is 0 Å². The van der Waals surface area contributed by atoms with E-state index in [9.17, 15) is 4.39 Å². The Balaban J connectivity index is 2.07. The Bertz CT molecular complexity index is 445. The molecule has 0 atom stereocenters. The first kappa shape index (κ1) is 10.2. The second-order valence-electron chi connectivity index (χ2n) is 2.95. The minimum Gasteiger partial charge on any atom is -0.447 e. The van der Waals surface area contributed by atoms with Crippen LogP contribution in [0.4, 0.5) is 10.1 Å². The highest BCUT2D eigenvalue weighted by Gasteiger charge is 2.02. The molecule has 0 aliphatic carbocycles. The summed E-state index contributed by atoms with van der Waals surface area (Å²) in [7, 11) is 0. The maximum atomic E-state index is 12.9. The van der Waals surface area contributed by atoms with Crippen LogP contribution in [0.25, 0.3) is 0 Å². The summed E-state index contributed by atoms with van der Waals surface area (Å²) in [5.41, 5.74) is 0.686. The van der Waals surface area contributed by atoms with Gasteiger partial charge in [0.05, 0.1) is 18.4 Å². The van der Waals surface area contributed by atoms with Crippen molar-refractivity contribution in [3.63, 3.8) is 0 Å².